The first-order valence-electron chi connectivity index (χ1n) is 4.13. The predicted octanol–water partition coefficient (Wildman–Crippen LogP) is 1.63. The van der Waals surface area contributed by atoms with E-state index < -0.39 is 0 Å². The highest BCUT2D eigenvalue weighted by Gasteiger charge is 2.33. The maximum Gasteiger partial charge on any atom is 0.00991 e. The van der Waals surface area contributed by atoms with Gasteiger partial charge in [0, 0.05) is 12.1 Å². The molecule has 9 heavy (non-hydrogen) atoms. The lowest BCUT2D eigenvalue weighted by Gasteiger charge is -2.19. The van der Waals surface area contributed by atoms with E-state index >= 15 is 0 Å². The van der Waals surface area contributed by atoms with Crippen molar-refractivity contribution in [3.8, 4) is 0 Å². The Bertz CT molecular complexity index is 111. The van der Waals surface area contributed by atoms with Crippen LogP contribution >= 0.6 is 0 Å². The first-order chi connectivity index (χ1) is 4.38. The molecule has 0 aromatic rings. The van der Waals surface area contributed by atoms with Crippen molar-refractivity contribution in [2.45, 2.75) is 44.7 Å². The standard InChI is InChI=1S/C8H15N/c1-7-4-5-8-3-2-6-9(7)8/h7-8H,2-6H2,1H3/t7-,8-/m0/s1. The summed E-state index contributed by atoms with van der Waals surface area (Å²) in [5.74, 6) is 0. The van der Waals surface area contributed by atoms with E-state index in [1.165, 1.54) is 32.2 Å². The summed E-state index contributed by atoms with van der Waals surface area (Å²) in [6, 6.07) is 1.89. The van der Waals surface area contributed by atoms with Crippen LogP contribution in [0.15, 0.2) is 0 Å². The lowest BCUT2D eigenvalue weighted by atomic mass is 10.1. The lowest BCUT2D eigenvalue weighted by molar-refractivity contribution is 0.260. The molecule has 2 aliphatic heterocycles. The van der Waals surface area contributed by atoms with Crippen molar-refractivity contribution in [2.75, 3.05) is 6.54 Å². The molecular formula is C8H15N. The first kappa shape index (κ1) is 5.72. The quantitative estimate of drug-likeness (QED) is 0.475. The van der Waals surface area contributed by atoms with Crippen LogP contribution in [0.3, 0.4) is 0 Å². The second-order valence-electron chi connectivity index (χ2n) is 3.46. The van der Waals surface area contributed by atoms with Gasteiger partial charge in [-0.15, -0.1) is 0 Å². The van der Waals surface area contributed by atoms with Crippen molar-refractivity contribution in [3.63, 3.8) is 0 Å². The maximum atomic E-state index is 2.68. The molecule has 2 atom stereocenters. The summed E-state index contributed by atoms with van der Waals surface area (Å²) in [6.45, 7) is 3.75. The van der Waals surface area contributed by atoms with Crippen molar-refractivity contribution < 1.29 is 0 Å². The zero-order chi connectivity index (χ0) is 6.27. The normalized spacial score (nSPS) is 43.7. The summed E-state index contributed by atoms with van der Waals surface area (Å²) < 4.78 is 0. The maximum absolute atomic E-state index is 2.68. The molecule has 0 aromatic heterocycles. The van der Waals surface area contributed by atoms with Gasteiger partial charge in [0.2, 0.25) is 0 Å². The minimum absolute atomic E-state index is 0.900. The van der Waals surface area contributed by atoms with E-state index in [9.17, 15) is 0 Å². The van der Waals surface area contributed by atoms with Crippen LogP contribution in [0.25, 0.3) is 0 Å². The molecule has 0 amide bonds. The fraction of sp³-hybridized carbons (Fsp3) is 1.00. The van der Waals surface area contributed by atoms with Crippen LogP contribution in [0.5, 0.6) is 0 Å². The molecule has 0 aromatic carbocycles. The summed E-state index contributed by atoms with van der Waals surface area (Å²) in [5, 5.41) is 0. The van der Waals surface area contributed by atoms with Crippen molar-refractivity contribution >= 4 is 0 Å². The zero-order valence-corrected chi connectivity index (χ0v) is 6.14. The Morgan fingerprint density at radius 2 is 2.11 bits per heavy atom. The highest BCUT2D eigenvalue weighted by atomic mass is 15.2. The molecule has 0 unspecified atom stereocenters. The molecule has 0 bridgehead atoms. The molecule has 1 nitrogen and oxygen atoms in total. The van der Waals surface area contributed by atoms with Gasteiger partial charge in [-0.3, -0.25) is 4.90 Å². The number of hydrogen-bond acceptors (Lipinski definition) is 1. The third-order valence-electron chi connectivity index (χ3n) is 2.91. The Morgan fingerprint density at radius 1 is 1.22 bits per heavy atom. The molecule has 2 rings (SSSR count). The van der Waals surface area contributed by atoms with Gasteiger partial charge in [0.15, 0.2) is 0 Å². The van der Waals surface area contributed by atoms with Crippen molar-refractivity contribution in [1.82, 2.24) is 4.90 Å². The fourth-order valence-corrected chi connectivity index (χ4v) is 2.35. The van der Waals surface area contributed by atoms with E-state index in [2.05, 4.69) is 11.8 Å². The predicted molar refractivity (Wildman–Crippen MR) is 38.4 cm³/mol. The molecule has 0 aliphatic carbocycles. The smallest absolute Gasteiger partial charge is 0.00991 e. The second kappa shape index (κ2) is 1.98. The monoisotopic (exact) mass is 125 g/mol. The Kier molecular flexibility index (Phi) is 1.26. The average molecular weight is 125 g/mol. The van der Waals surface area contributed by atoms with Crippen LogP contribution < -0.4 is 0 Å². The molecule has 2 heterocycles. The highest BCUT2D eigenvalue weighted by molar-refractivity contribution is 4.89. The largest absolute Gasteiger partial charge is 0.298 e. The molecule has 0 saturated carbocycles. The molecular weight excluding hydrogens is 110 g/mol. The highest BCUT2D eigenvalue weighted by Crippen LogP contribution is 2.31. The van der Waals surface area contributed by atoms with Crippen molar-refractivity contribution in [3.05, 3.63) is 0 Å². The molecule has 0 N–H and O–H groups in total. The van der Waals surface area contributed by atoms with Gasteiger partial charge in [0.05, 0.1) is 0 Å². The van der Waals surface area contributed by atoms with Crippen LogP contribution in [-0.4, -0.2) is 23.5 Å². The molecule has 2 aliphatic rings. The molecule has 0 spiro atoms. The average Bonchev–Trinajstić information content (AvgIpc) is 2.35. The topological polar surface area (TPSA) is 3.24 Å². The summed E-state index contributed by atoms with van der Waals surface area (Å²) in [5.41, 5.74) is 0. The van der Waals surface area contributed by atoms with E-state index in [-0.39, 0.29) is 0 Å². The number of fused-ring (bicyclic) bond motifs is 1. The van der Waals surface area contributed by atoms with Gasteiger partial charge >= 0.3 is 0 Å². The second-order valence-corrected chi connectivity index (χ2v) is 3.46. The van der Waals surface area contributed by atoms with Crippen LogP contribution in [0.4, 0.5) is 0 Å². The summed E-state index contributed by atoms with van der Waals surface area (Å²) in [6.07, 6.45) is 5.85. The van der Waals surface area contributed by atoms with Crippen molar-refractivity contribution in [2.24, 2.45) is 0 Å². The fourth-order valence-electron chi connectivity index (χ4n) is 2.35. The Hall–Kier alpha value is -0.0400. The summed E-state index contributed by atoms with van der Waals surface area (Å²) in [7, 11) is 0. The Labute approximate surface area is 57.0 Å². The van der Waals surface area contributed by atoms with Gasteiger partial charge in [-0.05, 0) is 39.2 Å². The van der Waals surface area contributed by atoms with Gasteiger partial charge in [-0.25, -0.2) is 0 Å². The van der Waals surface area contributed by atoms with E-state index in [1.54, 1.807) is 0 Å². The van der Waals surface area contributed by atoms with Crippen LogP contribution in [-0.2, 0) is 0 Å². The van der Waals surface area contributed by atoms with Crippen molar-refractivity contribution in [1.29, 1.82) is 0 Å². The van der Waals surface area contributed by atoms with E-state index in [4.69, 9.17) is 0 Å². The summed E-state index contributed by atoms with van der Waals surface area (Å²) >= 11 is 0. The van der Waals surface area contributed by atoms with Crippen LogP contribution in [0.2, 0.25) is 0 Å². The van der Waals surface area contributed by atoms with Gasteiger partial charge in [-0.1, -0.05) is 0 Å². The van der Waals surface area contributed by atoms with Gasteiger partial charge in [0.1, 0.15) is 0 Å². The minimum atomic E-state index is 0.900. The first-order valence-corrected chi connectivity index (χ1v) is 4.13. The molecule has 2 fully saturated rings. The third-order valence-corrected chi connectivity index (χ3v) is 2.91. The van der Waals surface area contributed by atoms with Crippen LogP contribution in [0, 0.1) is 0 Å². The van der Waals surface area contributed by atoms with Gasteiger partial charge in [0.25, 0.3) is 0 Å². The molecule has 2 saturated heterocycles. The number of nitrogens with zero attached hydrogens (tertiary/aromatic N) is 1. The Balaban J connectivity index is 2.07. The summed E-state index contributed by atoms with van der Waals surface area (Å²) in [4.78, 5) is 2.68. The number of rotatable bonds is 0. The lowest BCUT2D eigenvalue weighted by Crippen LogP contribution is -2.28. The van der Waals surface area contributed by atoms with E-state index in [1.807, 2.05) is 0 Å². The van der Waals surface area contributed by atoms with Gasteiger partial charge in [-0.2, -0.15) is 0 Å². The third kappa shape index (κ3) is 0.787. The Morgan fingerprint density at radius 3 is 2.89 bits per heavy atom. The zero-order valence-electron chi connectivity index (χ0n) is 6.14. The van der Waals surface area contributed by atoms with Crippen LogP contribution in [0.1, 0.15) is 32.6 Å². The molecule has 0 radical (unpaired) electrons. The van der Waals surface area contributed by atoms with E-state index in [0.29, 0.717) is 0 Å². The molecule has 52 valence electrons. The minimum Gasteiger partial charge on any atom is -0.298 e. The van der Waals surface area contributed by atoms with E-state index in [0.717, 1.165) is 12.1 Å². The SMILES string of the molecule is C[C@H]1CC[C@@H]2CCCN21. The number of hydrogen-bond donors (Lipinski definition) is 0. The van der Waals surface area contributed by atoms with Gasteiger partial charge < -0.3 is 0 Å². The molecule has 1 heteroatoms.